The predicted octanol–water partition coefficient (Wildman–Crippen LogP) is 2.11. The molecule has 13 heavy (non-hydrogen) atoms. The fourth-order valence-electron chi connectivity index (χ4n) is 0.653. The molecule has 3 nitrogen and oxygen atoms in total. The Bertz CT molecular complexity index is 276. The molecule has 0 heterocycles. The van der Waals surface area contributed by atoms with E-state index in [2.05, 4.69) is 20.7 Å². The van der Waals surface area contributed by atoms with Gasteiger partial charge in [0.2, 0.25) is 0 Å². The van der Waals surface area contributed by atoms with Gasteiger partial charge in [-0.1, -0.05) is 15.9 Å². The Morgan fingerprint density at radius 2 is 2.00 bits per heavy atom. The van der Waals surface area contributed by atoms with Crippen LogP contribution in [0.5, 0.6) is 0 Å². The van der Waals surface area contributed by atoms with Gasteiger partial charge in [0.15, 0.2) is 6.29 Å². The minimum absolute atomic E-state index is 0.583. The molecule has 0 bridgehead atoms. The van der Waals surface area contributed by atoms with E-state index >= 15 is 0 Å². The zero-order valence-electron chi connectivity index (χ0n) is 7.58. The third-order valence-corrected chi connectivity index (χ3v) is 1.87. The zero-order valence-corrected chi connectivity index (χ0v) is 9.17. The first kappa shape index (κ1) is 12.1. The van der Waals surface area contributed by atoms with Crippen LogP contribution in [0.4, 0.5) is 5.69 Å². The predicted molar refractivity (Wildman–Crippen MR) is 56.9 cm³/mol. The van der Waals surface area contributed by atoms with Crippen molar-refractivity contribution in [1.82, 2.24) is 0 Å². The Morgan fingerprint density at radius 3 is 2.38 bits per heavy atom. The van der Waals surface area contributed by atoms with Crippen molar-refractivity contribution in [1.29, 1.82) is 0 Å². The molecular weight excluding hydrogens is 234 g/mol. The van der Waals surface area contributed by atoms with Gasteiger partial charge in [-0.2, -0.15) is 0 Å². The van der Waals surface area contributed by atoms with E-state index in [9.17, 15) is 4.79 Å². The minimum Gasteiger partial charge on any atom is -0.399 e. The number of rotatable bonds is 1. The summed E-state index contributed by atoms with van der Waals surface area (Å²) in [7, 11) is 3.25. The summed E-state index contributed by atoms with van der Waals surface area (Å²) in [6.07, 6.45) is 0.764. The second-order valence-corrected chi connectivity index (χ2v) is 3.16. The molecule has 72 valence electrons. The van der Waals surface area contributed by atoms with Crippen molar-refractivity contribution in [3.63, 3.8) is 0 Å². The van der Waals surface area contributed by atoms with E-state index in [0.717, 1.165) is 10.8 Å². The summed E-state index contributed by atoms with van der Waals surface area (Å²) in [6, 6.07) is 5.10. The average Bonchev–Trinajstić information content (AvgIpc) is 2.10. The fraction of sp³-hybridized carbons (Fsp3) is 0.222. The smallest absolute Gasteiger partial charge is 0.151 e. The molecule has 0 radical (unpaired) electrons. The molecule has 1 aromatic rings. The third kappa shape index (κ3) is 4.65. The highest BCUT2D eigenvalue weighted by molar-refractivity contribution is 9.10. The Balaban J connectivity index is 0.000000424. The van der Waals surface area contributed by atoms with Gasteiger partial charge < -0.3 is 10.5 Å². The van der Waals surface area contributed by atoms with Crippen molar-refractivity contribution in [2.75, 3.05) is 20.0 Å². The molecule has 0 aromatic heterocycles. The maximum Gasteiger partial charge on any atom is 0.151 e. The Labute approximate surface area is 86.0 Å². The molecule has 0 aliphatic rings. The maximum atomic E-state index is 10.3. The van der Waals surface area contributed by atoms with E-state index in [1.54, 1.807) is 32.4 Å². The maximum absolute atomic E-state index is 10.3. The molecule has 4 heteroatoms. The normalized spacial score (nSPS) is 8.54. The van der Waals surface area contributed by atoms with E-state index in [4.69, 9.17) is 5.73 Å². The molecule has 0 saturated carbocycles. The van der Waals surface area contributed by atoms with Gasteiger partial charge in [0.05, 0.1) is 0 Å². The number of methoxy groups -OCH3 is 1. The largest absolute Gasteiger partial charge is 0.399 e. The molecular formula is C9H12BrNO2. The number of nitrogens with two attached hydrogens (primary N) is 1. The van der Waals surface area contributed by atoms with Gasteiger partial charge in [0.25, 0.3) is 0 Å². The second-order valence-electron chi connectivity index (χ2n) is 2.31. The van der Waals surface area contributed by atoms with Crippen LogP contribution in [0.3, 0.4) is 0 Å². The van der Waals surface area contributed by atoms with Crippen LogP contribution in [0.15, 0.2) is 22.7 Å². The SMILES string of the molecule is COC.Nc1ccc(Br)c(C=O)c1. The number of aldehydes is 1. The van der Waals surface area contributed by atoms with Crippen molar-refractivity contribution in [3.05, 3.63) is 28.2 Å². The monoisotopic (exact) mass is 245 g/mol. The quantitative estimate of drug-likeness (QED) is 0.609. The number of halogens is 1. The molecule has 0 atom stereocenters. The summed E-state index contributed by atoms with van der Waals surface area (Å²) in [5.41, 5.74) is 6.61. The Kier molecular flexibility index (Phi) is 6.18. The summed E-state index contributed by atoms with van der Waals surface area (Å²) in [4.78, 5) is 10.3. The number of carbonyl (C=O) groups excluding carboxylic acids is 1. The van der Waals surface area contributed by atoms with Gasteiger partial charge >= 0.3 is 0 Å². The van der Waals surface area contributed by atoms with Gasteiger partial charge in [-0.25, -0.2) is 0 Å². The highest BCUT2D eigenvalue weighted by Gasteiger charge is 1.96. The average molecular weight is 246 g/mol. The van der Waals surface area contributed by atoms with E-state index in [1.807, 2.05) is 0 Å². The summed E-state index contributed by atoms with van der Waals surface area (Å²) in [5.74, 6) is 0. The van der Waals surface area contributed by atoms with Crippen LogP contribution in [0.25, 0.3) is 0 Å². The zero-order chi connectivity index (χ0) is 10.3. The lowest BCUT2D eigenvalue weighted by atomic mass is 10.2. The van der Waals surface area contributed by atoms with Crippen LogP contribution in [0.1, 0.15) is 10.4 Å². The highest BCUT2D eigenvalue weighted by Crippen LogP contribution is 2.16. The molecule has 2 N–H and O–H groups in total. The Morgan fingerprint density at radius 1 is 1.46 bits per heavy atom. The molecule has 0 aliphatic carbocycles. The van der Waals surface area contributed by atoms with Crippen molar-refractivity contribution in [3.8, 4) is 0 Å². The molecule has 0 saturated heterocycles. The molecule has 0 amide bonds. The molecule has 1 rings (SSSR count). The van der Waals surface area contributed by atoms with Gasteiger partial charge in [0.1, 0.15) is 0 Å². The fourth-order valence-corrected chi connectivity index (χ4v) is 0.993. The lowest BCUT2D eigenvalue weighted by Gasteiger charge is -1.95. The van der Waals surface area contributed by atoms with Crippen molar-refractivity contribution < 1.29 is 9.53 Å². The van der Waals surface area contributed by atoms with Crippen LogP contribution < -0.4 is 5.73 Å². The number of ether oxygens (including phenoxy) is 1. The summed E-state index contributed by atoms with van der Waals surface area (Å²) in [6.45, 7) is 0. The van der Waals surface area contributed by atoms with Crippen molar-refractivity contribution in [2.24, 2.45) is 0 Å². The number of benzene rings is 1. The van der Waals surface area contributed by atoms with Crippen molar-refractivity contribution >= 4 is 27.9 Å². The number of hydrogen-bond acceptors (Lipinski definition) is 3. The molecule has 1 aromatic carbocycles. The van der Waals surface area contributed by atoms with E-state index in [1.165, 1.54) is 0 Å². The molecule has 0 aliphatic heterocycles. The first-order chi connectivity index (χ1) is 6.15. The van der Waals surface area contributed by atoms with E-state index < -0.39 is 0 Å². The van der Waals surface area contributed by atoms with Crippen LogP contribution in [0, 0.1) is 0 Å². The standard InChI is InChI=1S/C7H6BrNO.C2H6O/c8-7-2-1-6(9)3-5(7)4-10;1-3-2/h1-4H,9H2;1-2H3. The number of hydrogen-bond donors (Lipinski definition) is 1. The molecule has 0 fully saturated rings. The number of anilines is 1. The second kappa shape index (κ2) is 6.62. The minimum atomic E-state index is 0.583. The van der Waals surface area contributed by atoms with Gasteiger partial charge in [-0.15, -0.1) is 0 Å². The number of nitrogen functional groups attached to an aromatic ring is 1. The number of carbonyl (C=O) groups is 1. The van der Waals surface area contributed by atoms with Crippen LogP contribution in [0.2, 0.25) is 0 Å². The van der Waals surface area contributed by atoms with Gasteiger partial charge in [-0.3, -0.25) is 4.79 Å². The van der Waals surface area contributed by atoms with Crippen LogP contribution >= 0.6 is 15.9 Å². The highest BCUT2D eigenvalue weighted by atomic mass is 79.9. The van der Waals surface area contributed by atoms with Crippen molar-refractivity contribution in [2.45, 2.75) is 0 Å². The summed E-state index contributed by atoms with van der Waals surface area (Å²) >= 11 is 3.20. The first-order valence-corrected chi connectivity index (χ1v) is 4.35. The van der Waals surface area contributed by atoms with E-state index in [0.29, 0.717) is 11.3 Å². The first-order valence-electron chi connectivity index (χ1n) is 3.56. The Hall–Kier alpha value is -0.870. The third-order valence-electron chi connectivity index (χ3n) is 1.15. The van der Waals surface area contributed by atoms with Crippen LogP contribution in [-0.2, 0) is 4.74 Å². The lowest BCUT2D eigenvalue weighted by Crippen LogP contribution is -1.87. The van der Waals surface area contributed by atoms with Crippen LogP contribution in [-0.4, -0.2) is 20.5 Å². The molecule has 0 unspecified atom stereocenters. The lowest BCUT2D eigenvalue weighted by molar-refractivity contribution is 0.112. The topological polar surface area (TPSA) is 52.3 Å². The van der Waals surface area contributed by atoms with Gasteiger partial charge in [-0.05, 0) is 18.2 Å². The molecule has 0 spiro atoms. The summed E-state index contributed by atoms with van der Waals surface area (Å²) in [5, 5.41) is 0. The van der Waals surface area contributed by atoms with Gasteiger partial charge in [0, 0.05) is 29.9 Å². The summed E-state index contributed by atoms with van der Waals surface area (Å²) < 4.78 is 5.02. The van der Waals surface area contributed by atoms with E-state index in [-0.39, 0.29) is 0 Å².